The third-order valence-corrected chi connectivity index (χ3v) is 5.64. The number of nitrogens with zero attached hydrogens (tertiary/aromatic N) is 4. The van der Waals surface area contributed by atoms with Crippen LogP contribution in [0.1, 0.15) is 46.4 Å². The Balaban J connectivity index is 1.36. The fourth-order valence-corrected chi connectivity index (χ4v) is 4.17. The van der Waals surface area contributed by atoms with Crippen LogP contribution in [-0.2, 0) is 16.0 Å². The summed E-state index contributed by atoms with van der Waals surface area (Å²) in [4.78, 5) is 28.2. The van der Waals surface area contributed by atoms with Gasteiger partial charge in [0.05, 0.1) is 18.8 Å². The summed E-state index contributed by atoms with van der Waals surface area (Å²) in [5, 5.41) is 3.16. The van der Waals surface area contributed by atoms with Crippen LogP contribution in [-0.4, -0.2) is 52.0 Å². The zero-order chi connectivity index (χ0) is 23.2. The van der Waals surface area contributed by atoms with Crippen molar-refractivity contribution in [1.82, 2.24) is 19.9 Å². The molecule has 4 rings (SSSR count). The summed E-state index contributed by atoms with van der Waals surface area (Å²) in [6, 6.07) is 16.5. The first-order valence-corrected chi connectivity index (χ1v) is 11.4. The first-order valence-electron chi connectivity index (χ1n) is 11.4. The van der Waals surface area contributed by atoms with Gasteiger partial charge in [-0.3, -0.25) is 9.78 Å². The first kappa shape index (κ1) is 22.9. The van der Waals surface area contributed by atoms with Gasteiger partial charge in [0.25, 0.3) is 0 Å². The molecule has 172 valence electrons. The van der Waals surface area contributed by atoms with E-state index in [2.05, 4.69) is 51.7 Å². The minimum absolute atomic E-state index is 0.0948. The highest BCUT2D eigenvalue weighted by molar-refractivity contribution is 5.76. The van der Waals surface area contributed by atoms with Gasteiger partial charge in [-0.2, -0.15) is 0 Å². The normalized spacial score (nSPS) is 16.0. The average molecular weight is 446 g/mol. The van der Waals surface area contributed by atoms with Gasteiger partial charge in [0.1, 0.15) is 6.10 Å². The second kappa shape index (κ2) is 10.5. The van der Waals surface area contributed by atoms with E-state index in [4.69, 9.17) is 9.72 Å². The van der Waals surface area contributed by atoms with Crippen molar-refractivity contribution in [1.29, 1.82) is 0 Å². The Morgan fingerprint density at radius 1 is 1.00 bits per heavy atom. The van der Waals surface area contributed by atoms with E-state index in [1.165, 1.54) is 11.1 Å². The number of anilines is 1. The second-order valence-electron chi connectivity index (χ2n) is 8.55. The van der Waals surface area contributed by atoms with Gasteiger partial charge in [-0.1, -0.05) is 30.3 Å². The van der Waals surface area contributed by atoms with Crippen molar-refractivity contribution in [3.05, 3.63) is 82.4 Å². The van der Waals surface area contributed by atoms with Gasteiger partial charge in [0.2, 0.25) is 11.9 Å². The quantitative estimate of drug-likeness (QED) is 0.596. The number of aromatic nitrogens is 3. The van der Waals surface area contributed by atoms with Crippen molar-refractivity contribution in [3.63, 3.8) is 0 Å². The van der Waals surface area contributed by atoms with Crippen LogP contribution in [0.3, 0.4) is 0 Å². The molecule has 33 heavy (non-hydrogen) atoms. The number of benzene rings is 1. The molecule has 0 unspecified atom stereocenters. The van der Waals surface area contributed by atoms with Crippen LogP contribution >= 0.6 is 0 Å². The molecule has 0 radical (unpaired) electrons. The molecule has 0 spiro atoms. The number of pyridine rings is 1. The average Bonchev–Trinajstić information content (AvgIpc) is 2.79. The van der Waals surface area contributed by atoms with E-state index in [1.54, 1.807) is 0 Å². The van der Waals surface area contributed by atoms with Crippen molar-refractivity contribution in [2.75, 3.05) is 31.6 Å². The number of aryl methyl sites for hydroxylation is 3. The Kier molecular flexibility index (Phi) is 7.29. The van der Waals surface area contributed by atoms with Crippen LogP contribution in [0.2, 0.25) is 0 Å². The molecule has 1 aliphatic rings. The number of nitrogens with one attached hydrogen (secondary N) is 1. The fraction of sp³-hybridized carbons (Fsp3) is 0.385. The van der Waals surface area contributed by atoms with Crippen LogP contribution in [0.5, 0.6) is 0 Å². The summed E-state index contributed by atoms with van der Waals surface area (Å²) in [6.45, 7) is 7.98. The first-order chi connectivity index (χ1) is 16.0. The van der Waals surface area contributed by atoms with Gasteiger partial charge in [-0.15, -0.1) is 0 Å². The van der Waals surface area contributed by atoms with E-state index in [9.17, 15) is 4.79 Å². The second-order valence-corrected chi connectivity index (χ2v) is 8.55. The van der Waals surface area contributed by atoms with Gasteiger partial charge in [-0.05, 0) is 56.5 Å². The molecule has 7 heteroatoms. The number of hydrogen-bond donors (Lipinski definition) is 1. The van der Waals surface area contributed by atoms with Crippen LogP contribution in [0.4, 0.5) is 5.95 Å². The van der Waals surface area contributed by atoms with Crippen LogP contribution in [0, 0.1) is 20.8 Å². The molecule has 1 N–H and O–H groups in total. The largest absolute Gasteiger partial charge is 0.368 e. The number of morpholine rings is 1. The third kappa shape index (κ3) is 6.35. The molecule has 1 atom stereocenters. The Labute approximate surface area is 195 Å². The molecular formula is C26H31N5O2. The minimum Gasteiger partial charge on any atom is -0.368 e. The van der Waals surface area contributed by atoms with Gasteiger partial charge >= 0.3 is 0 Å². The van der Waals surface area contributed by atoms with Crippen LogP contribution in [0.25, 0.3) is 0 Å². The molecule has 0 saturated carbocycles. The van der Waals surface area contributed by atoms with E-state index in [0.29, 0.717) is 38.6 Å². The Bertz CT molecular complexity index is 1080. The standard InChI is InChI=1S/C26H31N5O2/c1-18-13-19(2)30-26(29-18)27-10-9-25(32)31-11-12-33-24(17-31)23-16-22(14-20(3)28-23)15-21-7-5-4-6-8-21/h4-8,13-14,16,24H,9-12,15,17H2,1-3H3,(H,27,29,30)/t24-/m1/s1. The highest BCUT2D eigenvalue weighted by Crippen LogP contribution is 2.23. The van der Waals surface area contributed by atoms with Gasteiger partial charge in [0, 0.05) is 36.6 Å². The van der Waals surface area contributed by atoms with Crippen molar-refractivity contribution in [3.8, 4) is 0 Å². The number of amides is 1. The maximum Gasteiger partial charge on any atom is 0.224 e. The zero-order valence-electron chi connectivity index (χ0n) is 19.5. The van der Waals surface area contributed by atoms with Gasteiger partial charge < -0.3 is 15.0 Å². The molecular weight excluding hydrogens is 414 g/mol. The predicted octanol–water partition coefficient (Wildman–Crippen LogP) is 3.79. The molecule has 1 fully saturated rings. The van der Waals surface area contributed by atoms with Crippen LogP contribution < -0.4 is 5.32 Å². The van der Waals surface area contributed by atoms with Crippen molar-refractivity contribution >= 4 is 11.9 Å². The number of carbonyl (C=O) groups is 1. The fourth-order valence-electron chi connectivity index (χ4n) is 4.17. The van der Waals surface area contributed by atoms with Crippen molar-refractivity contribution in [2.24, 2.45) is 0 Å². The summed E-state index contributed by atoms with van der Waals surface area (Å²) in [5.41, 5.74) is 6.13. The Hall–Kier alpha value is -3.32. The molecule has 7 nitrogen and oxygen atoms in total. The smallest absolute Gasteiger partial charge is 0.224 e. The van der Waals surface area contributed by atoms with E-state index >= 15 is 0 Å². The Morgan fingerprint density at radius 3 is 2.48 bits per heavy atom. The number of ether oxygens (including phenoxy) is 1. The predicted molar refractivity (Wildman–Crippen MR) is 128 cm³/mol. The zero-order valence-corrected chi connectivity index (χ0v) is 19.5. The Morgan fingerprint density at radius 2 is 1.73 bits per heavy atom. The van der Waals surface area contributed by atoms with E-state index in [-0.39, 0.29) is 12.0 Å². The monoisotopic (exact) mass is 445 g/mol. The van der Waals surface area contributed by atoms with E-state index in [0.717, 1.165) is 29.2 Å². The lowest BCUT2D eigenvalue weighted by atomic mass is 10.0. The summed E-state index contributed by atoms with van der Waals surface area (Å²) in [6.07, 6.45) is 1.01. The summed E-state index contributed by atoms with van der Waals surface area (Å²) < 4.78 is 6.01. The summed E-state index contributed by atoms with van der Waals surface area (Å²) >= 11 is 0. The maximum absolute atomic E-state index is 12.8. The van der Waals surface area contributed by atoms with Crippen LogP contribution in [0.15, 0.2) is 48.5 Å². The van der Waals surface area contributed by atoms with E-state index in [1.807, 2.05) is 37.8 Å². The minimum atomic E-state index is -0.215. The highest BCUT2D eigenvalue weighted by atomic mass is 16.5. The van der Waals surface area contributed by atoms with Crippen molar-refractivity contribution in [2.45, 2.75) is 39.7 Å². The van der Waals surface area contributed by atoms with Gasteiger partial charge in [-0.25, -0.2) is 9.97 Å². The lowest BCUT2D eigenvalue weighted by molar-refractivity contribution is -0.138. The molecule has 0 bridgehead atoms. The molecule has 1 aliphatic heterocycles. The molecule has 3 aromatic rings. The molecule has 3 heterocycles. The maximum atomic E-state index is 12.8. The molecule has 2 aromatic heterocycles. The summed E-state index contributed by atoms with van der Waals surface area (Å²) in [5.74, 6) is 0.660. The molecule has 1 aromatic carbocycles. The molecule has 1 saturated heterocycles. The highest BCUT2D eigenvalue weighted by Gasteiger charge is 2.26. The van der Waals surface area contributed by atoms with E-state index < -0.39 is 0 Å². The SMILES string of the molecule is Cc1cc(Cc2ccccc2)cc([C@H]2CN(C(=O)CCNc3nc(C)cc(C)n3)CCO2)n1. The topological polar surface area (TPSA) is 80.2 Å². The van der Waals surface area contributed by atoms with Crippen molar-refractivity contribution < 1.29 is 9.53 Å². The lowest BCUT2D eigenvalue weighted by Gasteiger charge is -2.33. The number of hydrogen-bond acceptors (Lipinski definition) is 6. The third-order valence-electron chi connectivity index (χ3n) is 5.64. The lowest BCUT2D eigenvalue weighted by Crippen LogP contribution is -2.43. The number of rotatable bonds is 7. The van der Waals surface area contributed by atoms with Gasteiger partial charge in [0.15, 0.2) is 0 Å². The summed E-state index contributed by atoms with van der Waals surface area (Å²) in [7, 11) is 0. The molecule has 1 amide bonds. The number of carbonyl (C=O) groups excluding carboxylic acids is 1. The molecule has 0 aliphatic carbocycles.